The van der Waals surface area contributed by atoms with Gasteiger partial charge in [0.25, 0.3) is 0 Å². The lowest BCUT2D eigenvalue weighted by Gasteiger charge is -2.06. The molecule has 0 bridgehead atoms. The van der Waals surface area contributed by atoms with Gasteiger partial charge in [0.05, 0.1) is 17.6 Å². The van der Waals surface area contributed by atoms with Crippen LogP contribution in [0, 0.1) is 13.8 Å². The van der Waals surface area contributed by atoms with E-state index in [0.717, 1.165) is 33.9 Å². The summed E-state index contributed by atoms with van der Waals surface area (Å²) >= 11 is 0. The van der Waals surface area contributed by atoms with E-state index in [1.54, 1.807) is 18.4 Å². The molecule has 0 atom stereocenters. The zero-order valence-electron chi connectivity index (χ0n) is 14.3. The van der Waals surface area contributed by atoms with Crippen LogP contribution in [0.5, 0.6) is 0 Å². The number of amides is 1. The Bertz CT molecular complexity index is 1050. The molecule has 5 nitrogen and oxygen atoms in total. The number of carbonyl (C=O) groups is 1. The van der Waals surface area contributed by atoms with Gasteiger partial charge in [-0.1, -0.05) is 12.1 Å². The summed E-state index contributed by atoms with van der Waals surface area (Å²) in [4.78, 5) is 12.5. The minimum atomic E-state index is -3.25. The van der Waals surface area contributed by atoms with Crippen molar-refractivity contribution in [1.29, 1.82) is 0 Å². The number of aryl methyl sites for hydroxylation is 2. The summed E-state index contributed by atoms with van der Waals surface area (Å²) < 4.78 is 28.5. The van der Waals surface area contributed by atoms with E-state index in [-0.39, 0.29) is 17.2 Å². The fourth-order valence-electron chi connectivity index (χ4n) is 2.69. The minimum Gasteiger partial charge on any atom is -0.464 e. The van der Waals surface area contributed by atoms with Gasteiger partial charge in [0, 0.05) is 22.9 Å². The molecule has 130 valence electrons. The van der Waals surface area contributed by atoms with Crippen molar-refractivity contribution in [3.05, 3.63) is 59.4 Å². The highest BCUT2D eigenvalue weighted by molar-refractivity contribution is 7.90. The molecule has 0 fully saturated rings. The number of benzene rings is 2. The molecular weight excluding hydrogens is 338 g/mol. The summed E-state index contributed by atoms with van der Waals surface area (Å²) in [5.74, 6) is -0.187. The zero-order chi connectivity index (χ0) is 18.2. The molecule has 1 aromatic heterocycles. The topological polar surface area (TPSA) is 76.4 Å². The van der Waals surface area contributed by atoms with Crippen LogP contribution in [0.3, 0.4) is 0 Å². The van der Waals surface area contributed by atoms with Gasteiger partial charge in [0.1, 0.15) is 5.58 Å². The number of nitrogens with one attached hydrogen (secondary N) is 1. The van der Waals surface area contributed by atoms with Gasteiger partial charge in [-0.15, -0.1) is 0 Å². The fraction of sp³-hybridized carbons (Fsp3) is 0.211. The van der Waals surface area contributed by atoms with E-state index in [1.807, 2.05) is 26.0 Å². The highest BCUT2D eigenvalue weighted by Gasteiger charge is 2.13. The SMILES string of the molecule is Cc1ccc2c(CC(=O)Nc3ccc(S(C)(=O)=O)cc3)coc2c1C. The maximum Gasteiger partial charge on any atom is 0.228 e. The molecule has 3 aromatic rings. The van der Waals surface area contributed by atoms with E-state index in [0.29, 0.717) is 5.69 Å². The number of sulfone groups is 1. The predicted octanol–water partition coefficient (Wildman–Crippen LogP) is 3.63. The highest BCUT2D eigenvalue weighted by Crippen LogP contribution is 2.27. The molecule has 6 heteroatoms. The Kier molecular flexibility index (Phi) is 4.39. The summed E-state index contributed by atoms with van der Waals surface area (Å²) in [5.41, 5.74) is 4.39. The van der Waals surface area contributed by atoms with Crippen LogP contribution >= 0.6 is 0 Å². The molecule has 2 aromatic carbocycles. The molecule has 3 rings (SSSR count). The van der Waals surface area contributed by atoms with Gasteiger partial charge in [-0.05, 0) is 49.2 Å². The van der Waals surface area contributed by atoms with E-state index in [2.05, 4.69) is 5.32 Å². The first-order valence-corrected chi connectivity index (χ1v) is 9.71. The smallest absolute Gasteiger partial charge is 0.228 e. The molecule has 1 heterocycles. The van der Waals surface area contributed by atoms with Gasteiger partial charge in [-0.3, -0.25) is 4.79 Å². The van der Waals surface area contributed by atoms with Crippen LogP contribution in [-0.2, 0) is 21.1 Å². The first kappa shape index (κ1) is 17.2. The summed E-state index contributed by atoms with van der Waals surface area (Å²) in [6.45, 7) is 4.01. The lowest BCUT2D eigenvalue weighted by Crippen LogP contribution is -2.14. The maximum absolute atomic E-state index is 12.3. The average Bonchev–Trinajstić information content (AvgIpc) is 2.94. The second kappa shape index (κ2) is 6.37. The van der Waals surface area contributed by atoms with E-state index in [1.165, 1.54) is 12.1 Å². The first-order chi connectivity index (χ1) is 11.8. The first-order valence-electron chi connectivity index (χ1n) is 7.82. The Morgan fingerprint density at radius 2 is 1.76 bits per heavy atom. The van der Waals surface area contributed by atoms with Crippen molar-refractivity contribution in [2.24, 2.45) is 0 Å². The van der Waals surface area contributed by atoms with Crippen molar-refractivity contribution in [3.8, 4) is 0 Å². The van der Waals surface area contributed by atoms with Crippen LogP contribution in [0.15, 0.2) is 52.0 Å². The largest absolute Gasteiger partial charge is 0.464 e. The quantitative estimate of drug-likeness (QED) is 0.773. The van der Waals surface area contributed by atoms with Crippen LogP contribution in [0.1, 0.15) is 16.7 Å². The van der Waals surface area contributed by atoms with Crippen molar-refractivity contribution >= 4 is 32.4 Å². The lowest BCUT2D eigenvalue weighted by atomic mass is 10.0. The molecule has 0 aliphatic carbocycles. The average molecular weight is 357 g/mol. The number of rotatable bonds is 4. The molecule has 0 unspecified atom stereocenters. The van der Waals surface area contributed by atoms with Crippen LogP contribution in [0.25, 0.3) is 11.0 Å². The fourth-order valence-corrected chi connectivity index (χ4v) is 3.32. The molecule has 0 saturated heterocycles. The van der Waals surface area contributed by atoms with Crippen molar-refractivity contribution in [2.45, 2.75) is 25.2 Å². The second-order valence-electron chi connectivity index (χ2n) is 6.17. The van der Waals surface area contributed by atoms with Gasteiger partial charge < -0.3 is 9.73 Å². The van der Waals surface area contributed by atoms with Crippen LogP contribution in [0.4, 0.5) is 5.69 Å². The number of furan rings is 1. The number of hydrogen-bond acceptors (Lipinski definition) is 4. The van der Waals surface area contributed by atoms with Crippen molar-refractivity contribution in [3.63, 3.8) is 0 Å². The zero-order valence-corrected chi connectivity index (χ0v) is 15.1. The van der Waals surface area contributed by atoms with Crippen molar-refractivity contribution in [1.82, 2.24) is 0 Å². The van der Waals surface area contributed by atoms with E-state index < -0.39 is 9.84 Å². The second-order valence-corrected chi connectivity index (χ2v) is 8.18. The molecule has 0 saturated carbocycles. The van der Waals surface area contributed by atoms with E-state index in [4.69, 9.17) is 4.42 Å². The summed E-state index contributed by atoms with van der Waals surface area (Å²) in [5, 5.41) is 3.71. The van der Waals surface area contributed by atoms with Crippen molar-refractivity contribution in [2.75, 3.05) is 11.6 Å². The Labute approximate surface area is 146 Å². The number of anilines is 1. The third-order valence-corrected chi connectivity index (χ3v) is 5.39. The normalized spacial score (nSPS) is 11.6. The molecule has 25 heavy (non-hydrogen) atoms. The van der Waals surface area contributed by atoms with E-state index >= 15 is 0 Å². The molecule has 0 radical (unpaired) electrons. The van der Waals surface area contributed by atoms with Crippen LogP contribution < -0.4 is 5.32 Å². The lowest BCUT2D eigenvalue weighted by molar-refractivity contribution is -0.115. The minimum absolute atomic E-state index is 0.184. The monoisotopic (exact) mass is 357 g/mol. The third-order valence-electron chi connectivity index (χ3n) is 4.26. The number of hydrogen-bond donors (Lipinski definition) is 1. The molecule has 0 aliphatic heterocycles. The standard InChI is InChI=1S/C19H19NO4S/c1-12-4-9-17-14(11-24-19(17)13(12)2)10-18(21)20-15-5-7-16(8-6-15)25(3,22)23/h4-9,11H,10H2,1-3H3,(H,20,21). The Hall–Kier alpha value is -2.60. The Morgan fingerprint density at radius 1 is 1.08 bits per heavy atom. The number of fused-ring (bicyclic) bond motifs is 1. The van der Waals surface area contributed by atoms with Gasteiger partial charge in [0.15, 0.2) is 9.84 Å². The Morgan fingerprint density at radius 3 is 2.40 bits per heavy atom. The highest BCUT2D eigenvalue weighted by atomic mass is 32.2. The van der Waals surface area contributed by atoms with Gasteiger partial charge >= 0.3 is 0 Å². The Balaban J connectivity index is 1.76. The summed E-state index contributed by atoms with van der Waals surface area (Å²) in [6, 6.07) is 10.1. The molecular formula is C19H19NO4S. The molecule has 1 amide bonds. The predicted molar refractivity (Wildman–Crippen MR) is 97.6 cm³/mol. The maximum atomic E-state index is 12.3. The van der Waals surface area contributed by atoms with Crippen LogP contribution in [0.2, 0.25) is 0 Å². The molecule has 1 N–H and O–H groups in total. The van der Waals surface area contributed by atoms with Gasteiger partial charge in [-0.25, -0.2) is 8.42 Å². The van der Waals surface area contributed by atoms with Gasteiger partial charge in [0.2, 0.25) is 5.91 Å². The van der Waals surface area contributed by atoms with Crippen LogP contribution in [-0.4, -0.2) is 20.6 Å². The third kappa shape index (κ3) is 3.58. The van der Waals surface area contributed by atoms with Gasteiger partial charge in [-0.2, -0.15) is 0 Å². The molecule has 0 aliphatic rings. The summed E-state index contributed by atoms with van der Waals surface area (Å²) in [7, 11) is -3.25. The summed E-state index contributed by atoms with van der Waals surface area (Å²) in [6.07, 6.45) is 2.95. The van der Waals surface area contributed by atoms with E-state index in [9.17, 15) is 13.2 Å². The number of carbonyl (C=O) groups excluding carboxylic acids is 1. The molecule has 0 spiro atoms. The van der Waals surface area contributed by atoms with Crippen molar-refractivity contribution < 1.29 is 17.6 Å².